The van der Waals surface area contributed by atoms with E-state index in [2.05, 4.69) is 15.0 Å². The summed E-state index contributed by atoms with van der Waals surface area (Å²) in [7, 11) is 0. The van der Waals surface area contributed by atoms with Gasteiger partial charge in [0, 0.05) is 30.9 Å². The summed E-state index contributed by atoms with van der Waals surface area (Å²) in [6.45, 7) is 5.52. The maximum atomic E-state index is 14.0. The Morgan fingerprint density at radius 1 is 1.36 bits per heavy atom. The van der Waals surface area contributed by atoms with Gasteiger partial charge in [0.2, 0.25) is 0 Å². The van der Waals surface area contributed by atoms with Crippen LogP contribution in [0.25, 0.3) is 10.9 Å². The van der Waals surface area contributed by atoms with Crippen molar-refractivity contribution in [2.75, 3.05) is 24.6 Å². The molecule has 0 radical (unpaired) electrons. The summed E-state index contributed by atoms with van der Waals surface area (Å²) < 4.78 is 21.3. The number of esters is 1. The van der Waals surface area contributed by atoms with E-state index in [0.717, 1.165) is 24.9 Å². The monoisotopic (exact) mass is 382 g/mol. The molecule has 1 aromatic carbocycles. The Balaban J connectivity index is 1.79. The van der Waals surface area contributed by atoms with E-state index in [0.29, 0.717) is 28.7 Å². The Hall–Kier alpha value is -2.96. The van der Waals surface area contributed by atoms with Crippen molar-refractivity contribution >= 4 is 22.6 Å². The van der Waals surface area contributed by atoms with Crippen molar-refractivity contribution in [1.29, 1.82) is 0 Å². The first-order valence-corrected chi connectivity index (χ1v) is 9.58. The van der Waals surface area contributed by atoms with Crippen LogP contribution < -0.4 is 4.90 Å². The average Bonchev–Trinajstić information content (AvgIpc) is 3.13. The van der Waals surface area contributed by atoms with Crippen LogP contribution in [0.4, 0.5) is 10.1 Å². The fraction of sp³-hybridized carbons (Fsp3) is 0.381. The van der Waals surface area contributed by atoms with E-state index in [1.807, 2.05) is 24.0 Å². The second-order valence-corrected chi connectivity index (χ2v) is 7.14. The number of ether oxygens (including phenoxy) is 1. The van der Waals surface area contributed by atoms with Gasteiger partial charge in [-0.15, -0.1) is 0 Å². The maximum absolute atomic E-state index is 14.0. The third-order valence-electron chi connectivity index (χ3n) is 5.11. The van der Waals surface area contributed by atoms with Gasteiger partial charge >= 0.3 is 5.97 Å². The Morgan fingerprint density at radius 2 is 2.21 bits per heavy atom. The number of halogens is 1. The molecule has 0 spiro atoms. The summed E-state index contributed by atoms with van der Waals surface area (Å²) >= 11 is 0. The number of nitrogens with zero attached hydrogens (tertiary/aromatic N) is 4. The number of aromatic nitrogens is 3. The molecule has 3 aromatic rings. The van der Waals surface area contributed by atoms with Crippen LogP contribution in [0, 0.1) is 12.7 Å². The van der Waals surface area contributed by atoms with E-state index in [9.17, 15) is 9.18 Å². The van der Waals surface area contributed by atoms with Crippen molar-refractivity contribution in [3.63, 3.8) is 0 Å². The molecule has 1 aliphatic rings. The van der Waals surface area contributed by atoms with Gasteiger partial charge in [-0.1, -0.05) is 0 Å². The minimum atomic E-state index is -0.437. The number of fused-ring (bicyclic) bond motifs is 1. The van der Waals surface area contributed by atoms with Gasteiger partial charge in [-0.2, -0.15) is 5.10 Å². The highest BCUT2D eigenvalue weighted by atomic mass is 19.1. The minimum Gasteiger partial charge on any atom is -0.462 e. The molecule has 0 aliphatic carbocycles. The lowest BCUT2D eigenvalue weighted by molar-refractivity contribution is 0.0526. The van der Waals surface area contributed by atoms with Crippen molar-refractivity contribution < 1.29 is 13.9 Å². The number of hydrogen-bond acceptors (Lipinski definition) is 5. The molecule has 0 saturated carbocycles. The van der Waals surface area contributed by atoms with Gasteiger partial charge in [-0.25, -0.2) is 9.18 Å². The SMILES string of the molecule is CCOC(=O)c1cnc2ccc(F)cc2c1N1CCCC(n2cc(C)cn2)C1. The highest BCUT2D eigenvalue weighted by molar-refractivity contribution is 6.05. The smallest absolute Gasteiger partial charge is 0.341 e. The van der Waals surface area contributed by atoms with E-state index in [-0.39, 0.29) is 18.5 Å². The van der Waals surface area contributed by atoms with Crippen molar-refractivity contribution in [3.8, 4) is 0 Å². The zero-order valence-electron chi connectivity index (χ0n) is 16.1. The van der Waals surface area contributed by atoms with Gasteiger partial charge in [0.15, 0.2) is 0 Å². The molecule has 0 N–H and O–H groups in total. The third-order valence-corrected chi connectivity index (χ3v) is 5.11. The van der Waals surface area contributed by atoms with Crippen molar-refractivity contribution in [3.05, 3.63) is 53.7 Å². The molecule has 0 bridgehead atoms. The molecular formula is C21H23FN4O2. The summed E-state index contributed by atoms with van der Waals surface area (Å²) in [4.78, 5) is 19.1. The van der Waals surface area contributed by atoms with Crippen LogP contribution in [0.15, 0.2) is 36.8 Å². The Morgan fingerprint density at radius 3 is 2.96 bits per heavy atom. The Bertz CT molecular complexity index is 1020. The van der Waals surface area contributed by atoms with E-state index in [4.69, 9.17) is 4.74 Å². The minimum absolute atomic E-state index is 0.189. The van der Waals surface area contributed by atoms with Crippen LogP contribution in [-0.4, -0.2) is 40.4 Å². The van der Waals surface area contributed by atoms with Gasteiger partial charge < -0.3 is 9.64 Å². The first-order chi connectivity index (χ1) is 13.6. The fourth-order valence-corrected chi connectivity index (χ4v) is 3.86. The van der Waals surface area contributed by atoms with Crippen LogP contribution in [0.5, 0.6) is 0 Å². The molecule has 1 atom stereocenters. The predicted octanol–water partition coefficient (Wildman–Crippen LogP) is 3.90. The quantitative estimate of drug-likeness (QED) is 0.641. The molecule has 1 fully saturated rings. The van der Waals surface area contributed by atoms with E-state index >= 15 is 0 Å². The number of aryl methyl sites for hydroxylation is 1. The molecule has 7 heteroatoms. The summed E-state index contributed by atoms with van der Waals surface area (Å²) in [6, 6.07) is 4.66. The Kier molecular flexibility index (Phi) is 4.98. The molecule has 1 saturated heterocycles. The van der Waals surface area contributed by atoms with Crippen LogP contribution in [0.2, 0.25) is 0 Å². The molecule has 6 nitrogen and oxygen atoms in total. The number of rotatable bonds is 4. The van der Waals surface area contributed by atoms with Crippen LogP contribution in [-0.2, 0) is 4.74 Å². The number of hydrogen-bond donors (Lipinski definition) is 0. The van der Waals surface area contributed by atoms with Crippen LogP contribution >= 0.6 is 0 Å². The van der Waals surface area contributed by atoms with Gasteiger partial charge in [0.1, 0.15) is 11.4 Å². The first kappa shape index (κ1) is 18.4. The van der Waals surface area contributed by atoms with E-state index < -0.39 is 5.97 Å². The largest absolute Gasteiger partial charge is 0.462 e. The molecule has 4 rings (SSSR count). The van der Waals surface area contributed by atoms with E-state index in [1.165, 1.54) is 18.3 Å². The van der Waals surface area contributed by atoms with Gasteiger partial charge in [0.05, 0.1) is 30.0 Å². The summed E-state index contributed by atoms with van der Waals surface area (Å²) in [5.74, 6) is -0.791. The second-order valence-electron chi connectivity index (χ2n) is 7.14. The number of anilines is 1. The highest BCUT2D eigenvalue weighted by Crippen LogP contribution is 2.34. The third kappa shape index (κ3) is 3.44. The van der Waals surface area contributed by atoms with Gasteiger partial charge in [-0.05, 0) is 50.5 Å². The van der Waals surface area contributed by atoms with Crippen LogP contribution in [0.1, 0.15) is 41.7 Å². The maximum Gasteiger partial charge on any atom is 0.341 e. The fourth-order valence-electron chi connectivity index (χ4n) is 3.86. The summed E-state index contributed by atoms with van der Waals surface area (Å²) in [5, 5.41) is 5.08. The number of carbonyl (C=O) groups excluding carboxylic acids is 1. The molecule has 1 aliphatic heterocycles. The number of pyridine rings is 1. The van der Waals surface area contributed by atoms with E-state index in [1.54, 1.807) is 13.0 Å². The number of piperidine rings is 1. The second kappa shape index (κ2) is 7.58. The topological polar surface area (TPSA) is 60.2 Å². The van der Waals surface area contributed by atoms with Crippen molar-refractivity contribution in [2.24, 2.45) is 0 Å². The van der Waals surface area contributed by atoms with Crippen molar-refractivity contribution in [1.82, 2.24) is 14.8 Å². The Labute approximate surface area is 162 Å². The molecule has 28 heavy (non-hydrogen) atoms. The molecule has 1 unspecified atom stereocenters. The predicted molar refractivity (Wildman–Crippen MR) is 105 cm³/mol. The average molecular weight is 382 g/mol. The lowest BCUT2D eigenvalue weighted by Crippen LogP contribution is -2.38. The number of carbonyl (C=O) groups is 1. The molecular weight excluding hydrogens is 359 g/mol. The normalized spacial score (nSPS) is 17.1. The molecule has 3 heterocycles. The highest BCUT2D eigenvalue weighted by Gasteiger charge is 2.27. The lowest BCUT2D eigenvalue weighted by Gasteiger charge is -2.36. The van der Waals surface area contributed by atoms with Crippen LogP contribution in [0.3, 0.4) is 0 Å². The molecule has 146 valence electrons. The first-order valence-electron chi connectivity index (χ1n) is 9.58. The molecule has 2 aromatic heterocycles. The lowest BCUT2D eigenvalue weighted by atomic mass is 10.0. The molecule has 0 amide bonds. The van der Waals surface area contributed by atoms with Gasteiger partial charge in [-0.3, -0.25) is 9.67 Å². The van der Waals surface area contributed by atoms with Gasteiger partial charge in [0.25, 0.3) is 0 Å². The zero-order valence-corrected chi connectivity index (χ0v) is 16.1. The summed E-state index contributed by atoms with van der Waals surface area (Å²) in [6.07, 6.45) is 7.37. The zero-order chi connectivity index (χ0) is 19.7. The summed E-state index contributed by atoms with van der Waals surface area (Å²) in [5.41, 5.74) is 2.83. The van der Waals surface area contributed by atoms with Crippen molar-refractivity contribution in [2.45, 2.75) is 32.7 Å². The standard InChI is InChI=1S/C21H23FN4O2/c1-3-28-21(27)18-11-23-19-7-6-15(22)9-17(19)20(18)25-8-4-5-16(13-25)26-12-14(2)10-24-26/h6-7,9-12,16H,3-5,8,13H2,1-2H3. The number of benzene rings is 1.